The van der Waals surface area contributed by atoms with Crippen LogP contribution in [0.25, 0.3) is 90.2 Å². The Bertz CT molecular complexity index is 6710. The van der Waals surface area contributed by atoms with Gasteiger partial charge in [-0.2, -0.15) is 19.9 Å². The van der Waals surface area contributed by atoms with E-state index >= 15 is 0 Å². The summed E-state index contributed by atoms with van der Waals surface area (Å²) in [6.45, 7) is 26.9. The van der Waals surface area contributed by atoms with E-state index in [9.17, 15) is 42.7 Å². The molecule has 0 saturated heterocycles. The van der Waals surface area contributed by atoms with Gasteiger partial charge >= 0.3 is 22.8 Å². The molecule has 8 aromatic rings. The van der Waals surface area contributed by atoms with Crippen LogP contribution in [0.3, 0.4) is 0 Å². The lowest BCUT2D eigenvalue weighted by Crippen LogP contribution is -2.30. The SMILES string of the molecule is Cc1cc2nc3c(=O)[nH]c(=O)nc-3n(CCNCc3ccc(Cl)cc3C)c2cc1C.Cc1cc2nc3c(=O)[nH]c(=O)nc-3n(CCNCc3ccc(Cl)cc3F)c2cc1C.Cc1cc2nc3c(=O)[nH]c(=O)nc-3n(CCNCc3cccc(Cl)c3)c2cc1C.Cc1cc2nc3c(=O)[nH]c(=O)nc-3n(CCNCc3ccccc3C)c2cc1C. The molecule has 8 aromatic carbocycles. The van der Waals surface area contributed by atoms with Gasteiger partial charge in [0.05, 0.1) is 44.1 Å². The summed E-state index contributed by atoms with van der Waals surface area (Å²) >= 11 is 17.8. The highest BCUT2D eigenvalue weighted by atomic mass is 35.5. The molecule has 8 aliphatic rings. The predicted molar refractivity (Wildman–Crippen MR) is 459 cm³/mol. The van der Waals surface area contributed by atoms with E-state index in [1.165, 1.54) is 17.2 Å². The van der Waals surface area contributed by atoms with E-state index in [1.54, 1.807) is 16.7 Å². The van der Waals surface area contributed by atoms with Crippen molar-refractivity contribution in [2.45, 2.75) is 122 Å². The first-order valence-corrected chi connectivity index (χ1v) is 39.1. The van der Waals surface area contributed by atoms with Crippen LogP contribution >= 0.6 is 34.8 Å². The van der Waals surface area contributed by atoms with E-state index < -0.39 is 45.0 Å². The lowest BCUT2D eigenvalue weighted by atomic mass is 10.1. The largest absolute Gasteiger partial charge is 0.349 e. The Hall–Kier alpha value is -12.5. The minimum atomic E-state index is -0.720. The molecule has 0 aliphatic carbocycles. The molecule has 0 atom stereocenters. The Morgan fingerprint density at radius 3 is 0.949 bits per heavy atom. The van der Waals surface area contributed by atoms with E-state index in [-0.39, 0.29) is 34.4 Å². The zero-order valence-electron chi connectivity index (χ0n) is 66.3. The van der Waals surface area contributed by atoms with Crippen LogP contribution in [0, 0.1) is 75.1 Å². The molecule has 604 valence electrons. The second-order valence-electron chi connectivity index (χ2n) is 29.0. The zero-order chi connectivity index (χ0) is 83.9. The fourth-order valence-corrected chi connectivity index (χ4v) is 14.3. The first-order valence-electron chi connectivity index (χ1n) is 38.0. The third-order valence-electron chi connectivity index (χ3n) is 20.7. The van der Waals surface area contributed by atoms with Crippen LogP contribution in [0.5, 0.6) is 0 Å². The maximum Gasteiger partial charge on any atom is 0.349 e. The molecule has 16 rings (SSSR count). The Morgan fingerprint density at radius 2 is 0.610 bits per heavy atom. The van der Waals surface area contributed by atoms with Gasteiger partial charge in [-0.05, 0) is 226 Å². The van der Waals surface area contributed by atoms with E-state index in [2.05, 4.69) is 100 Å². The fraction of sp³-hybridized carbons (Fsp3) is 0.256. The summed E-state index contributed by atoms with van der Waals surface area (Å²) < 4.78 is 21.4. The van der Waals surface area contributed by atoms with Gasteiger partial charge in [0.25, 0.3) is 22.2 Å². The van der Waals surface area contributed by atoms with Gasteiger partial charge in [-0.25, -0.2) is 43.5 Å². The average molecular weight is 1650 g/mol. The molecule has 8 N–H and O–H groups in total. The molecule has 0 fully saturated rings. The van der Waals surface area contributed by atoms with Gasteiger partial charge in [-0.1, -0.05) is 83.3 Å². The van der Waals surface area contributed by atoms with Crippen molar-refractivity contribution in [2.75, 3.05) is 26.2 Å². The third-order valence-corrected chi connectivity index (χ3v) is 21.4. The van der Waals surface area contributed by atoms with Crippen LogP contribution in [0.2, 0.25) is 15.1 Å². The van der Waals surface area contributed by atoms with E-state index in [0.29, 0.717) is 127 Å². The van der Waals surface area contributed by atoms with Crippen molar-refractivity contribution in [1.29, 1.82) is 0 Å². The molecule has 0 saturated carbocycles. The number of halogens is 4. The smallest absolute Gasteiger partial charge is 0.321 e. The van der Waals surface area contributed by atoms with Crippen molar-refractivity contribution in [3.8, 4) is 46.1 Å². The molecule has 0 amide bonds. The first-order chi connectivity index (χ1) is 56.5. The van der Waals surface area contributed by atoms with Gasteiger partial charge in [-0.15, -0.1) is 0 Å². The fourth-order valence-electron chi connectivity index (χ4n) is 13.7. The van der Waals surface area contributed by atoms with E-state index in [1.807, 2.05) is 179 Å². The van der Waals surface area contributed by atoms with Crippen LogP contribution in [0.15, 0.2) is 172 Å². The summed E-state index contributed by atoms with van der Waals surface area (Å²) in [5.74, 6) is 0.743. The lowest BCUT2D eigenvalue weighted by molar-refractivity contribution is 0.567. The van der Waals surface area contributed by atoms with Gasteiger partial charge < -0.3 is 39.5 Å². The number of hydrogen-bond donors (Lipinski definition) is 8. The zero-order valence-corrected chi connectivity index (χ0v) is 68.6. The first kappa shape index (κ1) is 83.5. The molecule has 0 spiro atoms. The number of nitrogens with one attached hydrogen (secondary N) is 8. The van der Waals surface area contributed by atoms with Crippen molar-refractivity contribution < 1.29 is 4.39 Å². The molecule has 32 heteroatoms. The van der Waals surface area contributed by atoms with E-state index in [0.717, 1.165) is 94.8 Å². The monoisotopic (exact) mass is 1650 g/mol. The number of H-pyrrole nitrogens is 4. The normalized spacial score (nSPS) is 11.4. The molecule has 28 nitrogen and oxygen atoms in total. The highest BCUT2D eigenvalue weighted by Gasteiger charge is 2.25. The summed E-state index contributed by atoms with van der Waals surface area (Å²) in [5, 5.41) is 15.2. The Labute approximate surface area is 688 Å². The summed E-state index contributed by atoms with van der Waals surface area (Å²) in [5.41, 5.74) is 16.8. The lowest BCUT2D eigenvalue weighted by Gasteiger charge is -2.18. The number of fused-ring (bicyclic) bond motifs is 8. The second kappa shape index (κ2) is 36.4. The van der Waals surface area contributed by atoms with Crippen molar-refractivity contribution in [3.63, 3.8) is 0 Å². The molecule has 8 aliphatic heterocycles. The Morgan fingerprint density at radius 1 is 0.305 bits per heavy atom. The number of hydrogen-bond acceptors (Lipinski definition) is 20. The number of rotatable bonds is 20. The third kappa shape index (κ3) is 19.1. The summed E-state index contributed by atoms with van der Waals surface area (Å²) in [6.07, 6.45) is 0. The second-order valence-corrected chi connectivity index (χ2v) is 30.3. The van der Waals surface area contributed by atoms with Crippen LogP contribution in [-0.4, -0.2) is 104 Å². The van der Waals surface area contributed by atoms with Crippen molar-refractivity contribution in [3.05, 3.63) is 316 Å². The van der Waals surface area contributed by atoms with Crippen molar-refractivity contribution >= 4 is 78.9 Å². The van der Waals surface area contributed by atoms with E-state index in [4.69, 9.17) is 34.8 Å². The topological polar surface area (TPSA) is 371 Å². The predicted octanol–water partition coefficient (Wildman–Crippen LogP) is 10.7. The van der Waals surface area contributed by atoms with Crippen LogP contribution in [-0.2, 0) is 52.4 Å². The Kier molecular flexibility index (Phi) is 25.7. The standard InChI is InChI=1S/C22H22ClN5O2.C22H23N5O2.C21H19ClFN5O2.C21H20ClN5O2/c1-12-9-17-18(10-13(12)2)28(20-19(25-17)21(29)27-22(30)26-20)7-6-24-11-15-4-5-16(23)8-14(15)3;1-13-6-4-5-7-16(13)12-23-8-9-27-18-11-15(3)14(2)10-17(18)24-19-20(27)25-22(29)26-21(19)28;1-11-7-16-17(8-12(11)2)28(19-18(25-16)20(29)27-21(30)26-19)6-5-24-10-13-3-4-14(22)9-15(13)23;1-12-8-16-17(9-13(12)2)27(19-18(24-16)20(28)26-21(29)25-19)7-6-23-11-14-4-3-5-15(22)10-14/h4-5,8-10,24H,6-7,11H2,1-3H3,(H,27,29,30);4-7,10-11,23H,8-9,12H2,1-3H3,(H,26,28,29);3-4,7-9,24H,5-6,10H2,1-2H3,(H,27,29,30);3-5,8-10,23H,6-7,11H2,1-2H3,(H,26,28,29). The number of aromatic amines is 4. The van der Waals surface area contributed by atoms with Gasteiger partial charge in [0, 0.05) is 99.2 Å². The molecule has 118 heavy (non-hydrogen) atoms. The summed E-state index contributed by atoms with van der Waals surface area (Å²) in [6, 6.07) is 42.1. The van der Waals surface area contributed by atoms with Gasteiger partial charge in [0.1, 0.15) is 5.82 Å². The molecular formula is C86H84Cl3FN20O8. The molecule has 8 heterocycles. The number of aryl methyl sites for hydroxylation is 10. The molecule has 0 unspecified atom stereocenters. The minimum Gasteiger partial charge on any atom is -0.321 e. The number of aromatic nitrogens is 16. The molecular weight excluding hydrogens is 1570 g/mol. The molecule has 0 aromatic heterocycles. The molecule has 0 bridgehead atoms. The van der Waals surface area contributed by atoms with Crippen molar-refractivity contribution in [2.24, 2.45) is 0 Å². The van der Waals surface area contributed by atoms with Crippen LogP contribution < -0.4 is 66.3 Å². The maximum absolute atomic E-state index is 14.0. The van der Waals surface area contributed by atoms with Crippen molar-refractivity contribution in [1.82, 2.24) is 99.3 Å². The van der Waals surface area contributed by atoms with Gasteiger partial charge in [0.2, 0.25) is 0 Å². The van der Waals surface area contributed by atoms with Crippen LogP contribution in [0.4, 0.5) is 4.39 Å². The summed E-state index contributed by atoms with van der Waals surface area (Å²) in [4.78, 5) is 139. The molecule has 0 radical (unpaired) electrons. The minimum absolute atomic E-state index is 0.106. The highest BCUT2D eigenvalue weighted by Crippen LogP contribution is 2.29. The number of benzene rings is 8. The quantitative estimate of drug-likeness (QED) is 0.0259. The number of nitrogens with zero attached hydrogens (tertiary/aromatic N) is 12. The van der Waals surface area contributed by atoms with Crippen LogP contribution in [0.1, 0.15) is 77.9 Å². The van der Waals surface area contributed by atoms with Gasteiger partial charge in [-0.3, -0.25) is 39.1 Å². The van der Waals surface area contributed by atoms with Gasteiger partial charge in [0.15, 0.2) is 46.1 Å². The Balaban J connectivity index is 0.000000136. The maximum atomic E-state index is 14.0. The summed E-state index contributed by atoms with van der Waals surface area (Å²) in [7, 11) is 0. The highest BCUT2D eigenvalue weighted by molar-refractivity contribution is 6.31. The average Bonchev–Trinajstić information content (AvgIpc) is 0.772.